The summed E-state index contributed by atoms with van der Waals surface area (Å²) in [6.45, 7) is 1.42. The van der Waals surface area contributed by atoms with E-state index in [1.165, 1.54) is 0 Å². The van der Waals surface area contributed by atoms with Crippen LogP contribution in [-0.4, -0.2) is 37.5 Å². The van der Waals surface area contributed by atoms with Crippen LogP contribution in [0.25, 0.3) is 0 Å². The number of hydrogen-bond donors (Lipinski definition) is 2. The SMILES string of the molecule is O=[N+]([O-])c1ccnc(S(=O)(=O)N[C@@H]2CCCNC2)c1. The lowest BCUT2D eigenvalue weighted by molar-refractivity contribution is -0.385. The van der Waals surface area contributed by atoms with Crippen LogP contribution in [0, 0.1) is 10.1 Å². The first kappa shape index (κ1) is 13.8. The second-order valence-corrected chi connectivity index (χ2v) is 5.93. The van der Waals surface area contributed by atoms with E-state index in [9.17, 15) is 18.5 Å². The first-order valence-electron chi connectivity index (χ1n) is 5.82. The zero-order valence-corrected chi connectivity index (χ0v) is 10.9. The molecule has 1 aromatic rings. The van der Waals surface area contributed by atoms with Crippen LogP contribution in [0.3, 0.4) is 0 Å². The van der Waals surface area contributed by atoms with Crippen LogP contribution in [0.5, 0.6) is 0 Å². The lowest BCUT2D eigenvalue weighted by atomic mass is 10.1. The van der Waals surface area contributed by atoms with Gasteiger partial charge in [0.05, 0.1) is 11.0 Å². The third-order valence-electron chi connectivity index (χ3n) is 2.82. The van der Waals surface area contributed by atoms with Crippen LogP contribution in [0.15, 0.2) is 23.4 Å². The van der Waals surface area contributed by atoms with E-state index in [4.69, 9.17) is 0 Å². The second kappa shape index (κ2) is 5.59. The molecule has 2 heterocycles. The van der Waals surface area contributed by atoms with Gasteiger partial charge in [0.1, 0.15) is 0 Å². The Balaban J connectivity index is 2.18. The maximum atomic E-state index is 12.1. The minimum absolute atomic E-state index is 0.209. The molecule has 1 aliphatic rings. The third-order valence-corrected chi connectivity index (χ3v) is 4.24. The van der Waals surface area contributed by atoms with Gasteiger partial charge in [-0.2, -0.15) is 0 Å². The van der Waals surface area contributed by atoms with Gasteiger partial charge in [0.25, 0.3) is 15.7 Å². The fourth-order valence-corrected chi connectivity index (χ4v) is 3.13. The van der Waals surface area contributed by atoms with Gasteiger partial charge in [0.15, 0.2) is 5.03 Å². The van der Waals surface area contributed by atoms with Crippen LogP contribution in [-0.2, 0) is 10.0 Å². The molecule has 19 heavy (non-hydrogen) atoms. The number of rotatable bonds is 4. The summed E-state index contributed by atoms with van der Waals surface area (Å²) in [4.78, 5) is 13.7. The highest BCUT2D eigenvalue weighted by molar-refractivity contribution is 7.89. The van der Waals surface area contributed by atoms with Gasteiger partial charge >= 0.3 is 0 Å². The lowest BCUT2D eigenvalue weighted by Crippen LogP contribution is -2.45. The van der Waals surface area contributed by atoms with E-state index in [-0.39, 0.29) is 16.8 Å². The number of nitro groups is 1. The molecule has 0 aliphatic carbocycles. The van der Waals surface area contributed by atoms with Crippen LogP contribution in [0.1, 0.15) is 12.8 Å². The molecule has 8 nitrogen and oxygen atoms in total. The Morgan fingerprint density at radius 2 is 2.32 bits per heavy atom. The Labute approximate surface area is 110 Å². The molecular formula is C10H14N4O4S. The topological polar surface area (TPSA) is 114 Å². The molecule has 2 rings (SSSR count). The summed E-state index contributed by atoms with van der Waals surface area (Å²) in [5, 5.41) is 13.4. The van der Waals surface area contributed by atoms with E-state index in [1.54, 1.807) is 0 Å². The number of aromatic nitrogens is 1. The van der Waals surface area contributed by atoms with E-state index < -0.39 is 14.9 Å². The summed E-state index contributed by atoms with van der Waals surface area (Å²) in [5.41, 5.74) is -0.294. The van der Waals surface area contributed by atoms with Crippen molar-refractivity contribution in [3.05, 3.63) is 28.4 Å². The fraction of sp³-hybridized carbons (Fsp3) is 0.500. The Morgan fingerprint density at radius 1 is 1.53 bits per heavy atom. The van der Waals surface area contributed by atoms with E-state index in [0.29, 0.717) is 6.54 Å². The average molecular weight is 286 g/mol. The van der Waals surface area contributed by atoms with Gasteiger partial charge in [0, 0.05) is 24.8 Å². The number of nitrogens with zero attached hydrogens (tertiary/aromatic N) is 2. The van der Waals surface area contributed by atoms with Crippen molar-refractivity contribution >= 4 is 15.7 Å². The third kappa shape index (κ3) is 3.46. The van der Waals surface area contributed by atoms with Gasteiger partial charge in [-0.15, -0.1) is 0 Å². The van der Waals surface area contributed by atoms with E-state index in [0.717, 1.165) is 37.7 Å². The largest absolute Gasteiger partial charge is 0.315 e. The van der Waals surface area contributed by atoms with Crippen molar-refractivity contribution in [2.75, 3.05) is 13.1 Å². The molecule has 0 unspecified atom stereocenters. The quantitative estimate of drug-likeness (QED) is 0.595. The minimum Gasteiger partial charge on any atom is -0.315 e. The molecule has 2 N–H and O–H groups in total. The maximum absolute atomic E-state index is 12.1. The van der Waals surface area contributed by atoms with Gasteiger partial charge in [-0.25, -0.2) is 18.1 Å². The van der Waals surface area contributed by atoms with Crippen molar-refractivity contribution in [1.29, 1.82) is 0 Å². The first-order valence-corrected chi connectivity index (χ1v) is 7.31. The van der Waals surface area contributed by atoms with Crippen molar-refractivity contribution in [2.24, 2.45) is 0 Å². The van der Waals surface area contributed by atoms with Crippen molar-refractivity contribution in [3.8, 4) is 0 Å². The predicted octanol–water partition coefficient (Wildman–Crippen LogP) is 0.0201. The number of sulfonamides is 1. The molecule has 1 atom stereocenters. The summed E-state index contributed by atoms with van der Waals surface area (Å²) < 4.78 is 26.6. The average Bonchev–Trinajstić information content (AvgIpc) is 2.39. The normalized spacial score (nSPS) is 20.1. The zero-order chi connectivity index (χ0) is 13.9. The molecule has 0 aromatic carbocycles. The molecular weight excluding hydrogens is 272 g/mol. The van der Waals surface area contributed by atoms with Crippen LogP contribution >= 0.6 is 0 Å². The molecule has 1 fully saturated rings. The molecule has 0 spiro atoms. The number of pyridine rings is 1. The van der Waals surface area contributed by atoms with Crippen molar-refractivity contribution < 1.29 is 13.3 Å². The number of piperidine rings is 1. The van der Waals surface area contributed by atoms with Crippen LogP contribution in [0.4, 0.5) is 5.69 Å². The second-order valence-electron chi connectivity index (χ2n) is 4.27. The molecule has 0 bridgehead atoms. The minimum atomic E-state index is -3.82. The molecule has 1 aromatic heterocycles. The van der Waals surface area contributed by atoms with E-state index in [2.05, 4.69) is 15.0 Å². The highest BCUT2D eigenvalue weighted by Gasteiger charge is 2.24. The standard InChI is InChI=1S/C10H14N4O4S/c15-14(16)9-3-5-12-10(6-9)19(17,18)13-8-2-1-4-11-7-8/h3,5-6,8,11,13H,1-2,4,7H2/t8-/m1/s1. The monoisotopic (exact) mass is 286 g/mol. The molecule has 9 heteroatoms. The Hall–Kier alpha value is -1.58. The van der Waals surface area contributed by atoms with Gasteiger partial charge in [-0.05, 0) is 19.4 Å². The Morgan fingerprint density at radius 3 is 2.95 bits per heavy atom. The van der Waals surface area contributed by atoms with E-state index >= 15 is 0 Å². The summed E-state index contributed by atoms with van der Waals surface area (Å²) in [7, 11) is -3.82. The molecule has 1 saturated heterocycles. The van der Waals surface area contributed by atoms with Gasteiger partial charge in [-0.3, -0.25) is 10.1 Å². The smallest absolute Gasteiger partial charge is 0.273 e. The summed E-state index contributed by atoms with van der Waals surface area (Å²) in [5.74, 6) is 0. The van der Waals surface area contributed by atoms with Crippen LogP contribution < -0.4 is 10.0 Å². The van der Waals surface area contributed by atoms with Gasteiger partial charge in [-0.1, -0.05) is 0 Å². The Kier molecular flexibility index (Phi) is 4.08. The highest BCUT2D eigenvalue weighted by atomic mass is 32.2. The van der Waals surface area contributed by atoms with Crippen LogP contribution in [0.2, 0.25) is 0 Å². The number of hydrogen-bond acceptors (Lipinski definition) is 6. The summed E-state index contributed by atoms with van der Waals surface area (Å²) in [6, 6.07) is 1.90. The first-order chi connectivity index (χ1) is 8.99. The van der Waals surface area contributed by atoms with Crippen molar-refractivity contribution in [2.45, 2.75) is 23.9 Å². The zero-order valence-electron chi connectivity index (χ0n) is 10.1. The van der Waals surface area contributed by atoms with Gasteiger partial charge < -0.3 is 5.32 Å². The van der Waals surface area contributed by atoms with E-state index in [1.807, 2.05) is 0 Å². The highest BCUT2D eigenvalue weighted by Crippen LogP contribution is 2.15. The lowest BCUT2D eigenvalue weighted by Gasteiger charge is -2.23. The van der Waals surface area contributed by atoms with Crippen molar-refractivity contribution in [1.82, 2.24) is 15.0 Å². The summed E-state index contributed by atoms with van der Waals surface area (Å²) in [6.07, 6.45) is 2.74. The number of nitrogens with one attached hydrogen (secondary N) is 2. The molecule has 0 radical (unpaired) electrons. The molecule has 0 saturated carbocycles. The molecule has 104 valence electrons. The van der Waals surface area contributed by atoms with Crippen molar-refractivity contribution in [3.63, 3.8) is 0 Å². The Bertz CT molecular complexity index is 569. The molecule has 0 amide bonds. The van der Waals surface area contributed by atoms with Gasteiger partial charge in [0.2, 0.25) is 0 Å². The maximum Gasteiger partial charge on any atom is 0.273 e. The molecule has 1 aliphatic heterocycles. The predicted molar refractivity (Wildman–Crippen MR) is 67.1 cm³/mol. The summed E-state index contributed by atoms with van der Waals surface area (Å²) >= 11 is 0. The fourth-order valence-electron chi connectivity index (χ4n) is 1.89.